The minimum atomic E-state index is -5.70. The summed E-state index contributed by atoms with van der Waals surface area (Å²) in [5, 5.41) is 20.7. The lowest BCUT2D eigenvalue weighted by Gasteiger charge is -2.26. The Labute approximate surface area is 228 Å². The van der Waals surface area contributed by atoms with E-state index in [2.05, 4.69) is 0 Å². The normalized spacial score (nSPS) is 17.7. The average molecular weight is 581 g/mol. The van der Waals surface area contributed by atoms with Crippen molar-refractivity contribution >= 4 is 33.8 Å². The average Bonchev–Trinajstić information content (AvgIpc) is 3.34. The number of para-hydroxylation sites is 2. The lowest BCUT2D eigenvalue weighted by Crippen LogP contribution is -2.49. The number of hydrogen-bond acceptors (Lipinski definition) is 4. The van der Waals surface area contributed by atoms with E-state index in [0.29, 0.717) is 9.75 Å². The van der Waals surface area contributed by atoms with E-state index in [1.54, 1.807) is 24.3 Å². The minimum Gasteiger partial charge on any atom is -0.507 e. The first kappa shape index (κ1) is 27.3. The van der Waals surface area contributed by atoms with Gasteiger partial charge in [0, 0.05) is 52.9 Å². The van der Waals surface area contributed by atoms with Gasteiger partial charge in [-0.25, -0.2) is 0 Å². The number of aromatic hydroxyl groups is 2. The molecular weight excluding hydrogens is 558 g/mol. The molecule has 39 heavy (non-hydrogen) atoms. The van der Waals surface area contributed by atoms with Crippen LogP contribution >= 0.6 is 22.7 Å². The molecule has 0 amide bonds. The Kier molecular flexibility index (Phi) is 6.23. The number of benzene rings is 2. The Hall–Kier alpha value is -3.24. The highest BCUT2D eigenvalue weighted by Crippen LogP contribution is 2.67. The van der Waals surface area contributed by atoms with Gasteiger partial charge in [0.2, 0.25) is 0 Å². The third-order valence-corrected chi connectivity index (χ3v) is 9.59. The van der Waals surface area contributed by atoms with E-state index in [1.807, 2.05) is 0 Å². The largest absolute Gasteiger partial charge is 0.507 e. The number of phenolic OH excluding ortho intramolecular Hbond substituents is 2. The molecule has 0 saturated carbocycles. The zero-order chi connectivity index (χ0) is 28.7. The summed E-state index contributed by atoms with van der Waals surface area (Å²) >= 11 is 1.92. The van der Waals surface area contributed by atoms with Crippen molar-refractivity contribution < 1.29 is 36.6 Å². The maximum Gasteiger partial charge on any atom is 0.380 e. The number of rotatable bonds is 4. The van der Waals surface area contributed by atoms with Gasteiger partial charge in [-0.05, 0) is 63.1 Å². The summed E-state index contributed by atoms with van der Waals surface area (Å²) in [6.45, 7) is 5.62. The van der Waals surface area contributed by atoms with Gasteiger partial charge in [0.05, 0.1) is 0 Å². The Morgan fingerprint density at radius 2 is 0.897 bits per heavy atom. The van der Waals surface area contributed by atoms with E-state index in [4.69, 9.17) is 0 Å². The molecule has 0 atom stereocenters. The van der Waals surface area contributed by atoms with Crippen molar-refractivity contribution in [2.24, 2.45) is 0 Å². The van der Waals surface area contributed by atoms with Gasteiger partial charge in [-0.2, -0.15) is 26.3 Å². The van der Waals surface area contributed by atoms with Gasteiger partial charge in [0.15, 0.2) is 0 Å². The maximum atomic E-state index is 15.6. The van der Waals surface area contributed by atoms with Crippen LogP contribution in [0.5, 0.6) is 11.5 Å². The van der Waals surface area contributed by atoms with Crippen LogP contribution < -0.4 is 0 Å². The Morgan fingerprint density at radius 1 is 0.564 bits per heavy atom. The molecule has 2 aromatic heterocycles. The fraction of sp³-hybridized carbons (Fsp3) is 0.241. The molecule has 0 radical (unpaired) electrons. The van der Waals surface area contributed by atoms with Crippen molar-refractivity contribution in [2.45, 2.75) is 45.5 Å². The van der Waals surface area contributed by atoms with Crippen LogP contribution in [0.3, 0.4) is 0 Å². The number of phenols is 2. The van der Waals surface area contributed by atoms with Crippen molar-refractivity contribution in [1.29, 1.82) is 0 Å². The maximum absolute atomic E-state index is 15.6. The summed E-state index contributed by atoms with van der Waals surface area (Å²) in [5.41, 5.74) is -2.87. The second-order valence-corrected chi connectivity index (χ2v) is 11.9. The zero-order valence-corrected chi connectivity index (χ0v) is 22.7. The highest BCUT2D eigenvalue weighted by molar-refractivity contribution is 7.16. The molecule has 10 heteroatoms. The molecular formula is C29H22F6O2S2. The second kappa shape index (κ2) is 8.89. The molecule has 1 aliphatic carbocycles. The lowest BCUT2D eigenvalue weighted by atomic mass is 9.89. The highest BCUT2D eigenvalue weighted by atomic mass is 32.1. The van der Waals surface area contributed by atoms with Crippen LogP contribution in [0.25, 0.3) is 32.0 Å². The molecule has 2 nitrogen and oxygen atoms in total. The number of thiophene rings is 2. The number of alkyl halides is 6. The Bertz CT molecular complexity index is 1540. The van der Waals surface area contributed by atoms with Gasteiger partial charge in [-0.3, -0.25) is 0 Å². The van der Waals surface area contributed by atoms with Crippen LogP contribution in [0.2, 0.25) is 0 Å². The number of hydrogen-bond donors (Lipinski definition) is 2. The molecule has 2 aromatic carbocycles. The fourth-order valence-corrected chi connectivity index (χ4v) is 7.68. The molecule has 5 rings (SSSR count). The van der Waals surface area contributed by atoms with Crippen LogP contribution in [0.1, 0.15) is 32.0 Å². The fourth-order valence-electron chi connectivity index (χ4n) is 5.28. The smallest absolute Gasteiger partial charge is 0.380 e. The van der Waals surface area contributed by atoms with E-state index in [9.17, 15) is 10.2 Å². The van der Waals surface area contributed by atoms with Crippen LogP contribution in [0.4, 0.5) is 26.3 Å². The molecule has 1 aliphatic rings. The third kappa shape index (κ3) is 3.67. The molecule has 0 unspecified atom stereocenters. The van der Waals surface area contributed by atoms with Crippen molar-refractivity contribution in [3.05, 3.63) is 80.5 Å². The SMILES string of the molecule is Cc1sc(-c2ccccc2O)c(C)c1C1=C(c2c(C)sc(-c3ccccc3O)c2C)C(F)(F)C(F)(F)C1(F)F. The summed E-state index contributed by atoms with van der Waals surface area (Å²) in [6.07, 6.45) is 0. The summed E-state index contributed by atoms with van der Waals surface area (Å²) in [5.74, 6) is -16.4. The number of aryl methyl sites for hydroxylation is 2. The topological polar surface area (TPSA) is 40.5 Å². The standard InChI is InChI=1S/C29H22F6O2S2/c1-13-21(15(3)38-25(13)17-9-5-7-11-19(17)36)23-24(28(32,33)29(34,35)27(23,30)31)22-14(2)26(39-16(22)4)18-10-6-8-12-20(18)37/h5-12,36-37H,1-4H3. The van der Waals surface area contributed by atoms with E-state index in [1.165, 1.54) is 52.0 Å². The van der Waals surface area contributed by atoms with Gasteiger partial charge in [-0.1, -0.05) is 24.3 Å². The molecule has 0 saturated heterocycles. The summed E-state index contributed by atoms with van der Waals surface area (Å²) in [6, 6.07) is 12.2. The summed E-state index contributed by atoms with van der Waals surface area (Å²) in [7, 11) is 0. The van der Waals surface area contributed by atoms with Crippen LogP contribution in [-0.4, -0.2) is 28.0 Å². The monoisotopic (exact) mass is 580 g/mol. The first-order chi connectivity index (χ1) is 18.1. The second-order valence-electron chi connectivity index (χ2n) is 9.48. The van der Waals surface area contributed by atoms with Crippen molar-refractivity contribution in [1.82, 2.24) is 0 Å². The molecule has 4 aromatic rings. The van der Waals surface area contributed by atoms with Crippen LogP contribution in [0.15, 0.2) is 48.5 Å². The zero-order valence-electron chi connectivity index (χ0n) is 21.1. The quantitative estimate of drug-likeness (QED) is 0.236. The Morgan fingerprint density at radius 3 is 1.23 bits per heavy atom. The van der Waals surface area contributed by atoms with Gasteiger partial charge in [-0.15, -0.1) is 22.7 Å². The predicted octanol–water partition coefficient (Wildman–Crippen LogP) is 9.62. The lowest BCUT2D eigenvalue weighted by molar-refractivity contribution is -0.254. The van der Waals surface area contributed by atoms with Gasteiger partial charge in [0.1, 0.15) is 11.5 Å². The molecule has 0 aliphatic heterocycles. The first-order valence-electron chi connectivity index (χ1n) is 11.8. The summed E-state index contributed by atoms with van der Waals surface area (Å²) < 4.78 is 92.7. The molecule has 204 valence electrons. The molecule has 0 spiro atoms. The van der Waals surface area contributed by atoms with Crippen molar-refractivity contribution in [3.8, 4) is 32.4 Å². The minimum absolute atomic E-state index is 0.0890. The molecule has 0 fully saturated rings. The predicted molar refractivity (Wildman–Crippen MR) is 143 cm³/mol. The number of allylic oxidation sites excluding steroid dienone is 2. The number of halogens is 6. The van der Waals surface area contributed by atoms with Gasteiger partial charge >= 0.3 is 17.8 Å². The van der Waals surface area contributed by atoms with Crippen LogP contribution in [0, 0.1) is 27.7 Å². The van der Waals surface area contributed by atoms with Crippen molar-refractivity contribution in [2.75, 3.05) is 0 Å². The van der Waals surface area contributed by atoms with Crippen molar-refractivity contribution in [3.63, 3.8) is 0 Å². The third-order valence-electron chi connectivity index (χ3n) is 7.11. The molecule has 2 N–H and O–H groups in total. The first-order valence-corrected chi connectivity index (χ1v) is 13.4. The van der Waals surface area contributed by atoms with Crippen LogP contribution in [-0.2, 0) is 0 Å². The van der Waals surface area contributed by atoms with E-state index < -0.39 is 28.9 Å². The Balaban J connectivity index is 1.88. The molecule has 2 heterocycles. The van der Waals surface area contributed by atoms with Gasteiger partial charge < -0.3 is 10.2 Å². The van der Waals surface area contributed by atoms with E-state index in [-0.39, 0.29) is 54.6 Å². The van der Waals surface area contributed by atoms with E-state index >= 15 is 26.3 Å². The highest BCUT2D eigenvalue weighted by Gasteiger charge is 2.80. The molecule has 0 bridgehead atoms. The van der Waals surface area contributed by atoms with E-state index in [0.717, 1.165) is 22.7 Å². The summed E-state index contributed by atoms with van der Waals surface area (Å²) in [4.78, 5) is 0.904. The van der Waals surface area contributed by atoms with Gasteiger partial charge in [0.25, 0.3) is 0 Å².